The maximum atomic E-state index is 6.44. The lowest BCUT2D eigenvalue weighted by Gasteiger charge is -2.22. The largest absolute Gasteiger partial charge is 0.342 e. The van der Waals surface area contributed by atoms with Crippen LogP contribution >= 0.6 is 23.2 Å². The smallest absolute Gasteiger partial charge is 0.142 e. The summed E-state index contributed by atoms with van der Waals surface area (Å²) in [5.74, 6) is 0. The molecule has 0 fully saturated rings. The molecule has 0 spiro atoms. The summed E-state index contributed by atoms with van der Waals surface area (Å²) >= 11 is 12.8. The van der Waals surface area contributed by atoms with Crippen molar-refractivity contribution in [3.63, 3.8) is 0 Å². The van der Waals surface area contributed by atoms with Gasteiger partial charge in [-0.15, -0.1) is 0 Å². The number of halogens is 2. The molecule has 0 N–H and O–H groups in total. The second kappa shape index (κ2) is 7.46. The molecule has 4 heteroatoms. The van der Waals surface area contributed by atoms with Gasteiger partial charge in [-0.2, -0.15) is 0 Å². The Bertz CT molecular complexity index is 711. The van der Waals surface area contributed by atoms with Crippen LogP contribution in [0.3, 0.4) is 0 Å². The zero-order valence-electron chi connectivity index (χ0n) is 13.4. The average molecular weight is 349 g/mol. The molecule has 1 aliphatic heterocycles. The minimum atomic E-state index is 0.663. The average Bonchev–Trinajstić information content (AvgIpc) is 2.83. The van der Waals surface area contributed by atoms with Crippen molar-refractivity contribution in [1.82, 2.24) is 9.80 Å². The topological polar surface area (TPSA) is 6.48 Å². The van der Waals surface area contributed by atoms with Crippen molar-refractivity contribution in [1.29, 1.82) is 0 Å². The summed E-state index contributed by atoms with van der Waals surface area (Å²) in [4.78, 5) is 4.31. The third-order valence-corrected chi connectivity index (χ3v) is 5.22. The van der Waals surface area contributed by atoms with Crippen LogP contribution in [-0.4, -0.2) is 23.0 Å². The lowest BCUT2D eigenvalue weighted by molar-refractivity contribution is 0.250. The predicted molar refractivity (Wildman–Crippen MR) is 99.3 cm³/mol. The molecule has 0 aromatic heterocycles. The van der Waals surface area contributed by atoms with Gasteiger partial charge >= 0.3 is 0 Å². The predicted octanol–water partition coefficient (Wildman–Crippen LogP) is 5.71. The molecular weight excluding hydrogens is 327 g/mol. The van der Waals surface area contributed by atoms with Gasteiger partial charge in [0.1, 0.15) is 10.3 Å². The number of hydrogen-bond acceptors (Lipinski definition) is 2. The van der Waals surface area contributed by atoms with Gasteiger partial charge in [-0.1, -0.05) is 79.4 Å². The molecule has 0 unspecified atom stereocenters. The minimum Gasteiger partial charge on any atom is -0.342 e. The number of benzene rings is 2. The Morgan fingerprint density at radius 3 is 2.43 bits per heavy atom. The highest BCUT2D eigenvalue weighted by molar-refractivity contribution is 6.38. The van der Waals surface area contributed by atoms with E-state index < -0.39 is 0 Å². The molecule has 0 saturated heterocycles. The van der Waals surface area contributed by atoms with Gasteiger partial charge in [-0.3, -0.25) is 0 Å². The number of nitrogens with zero attached hydrogens (tertiary/aromatic N) is 2. The summed E-state index contributed by atoms with van der Waals surface area (Å²) in [6.45, 7) is 4.73. The van der Waals surface area contributed by atoms with Gasteiger partial charge in [-0.05, 0) is 28.8 Å². The quantitative estimate of drug-likeness (QED) is 0.487. The van der Waals surface area contributed by atoms with E-state index in [0.29, 0.717) is 10.3 Å². The molecule has 1 heterocycles. The molecule has 0 saturated carbocycles. The first-order valence-corrected chi connectivity index (χ1v) is 8.97. The number of rotatable bonds is 6. The zero-order chi connectivity index (χ0) is 16.2. The summed E-state index contributed by atoms with van der Waals surface area (Å²) in [7, 11) is 0. The minimum absolute atomic E-state index is 0.663. The summed E-state index contributed by atoms with van der Waals surface area (Å²) in [6.07, 6.45) is 3.59. The van der Waals surface area contributed by atoms with Crippen LogP contribution in [0.4, 0.5) is 0 Å². The lowest BCUT2D eigenvalue weighted by atomic mass is 10.1. The fraction of sp³-hybridized carbons (Fsp3) is 0.368. The molecule has 0 aliphatic carbocycles. The molecule has 2 aromatic rings. The molecule has 122 valence electrons. The summed E-state index contributed by atoms with van der Waals surface area (Å²) in [5.41, 5.74) is 1.25. The molecule has 0 radical (unpaired) electrons. The zero-order valence-corrected chi connectivity index (χ0v) is 14.9. The molecule has 0 bridgehead atoms. The van der Waals surface area contributed by atoms with Gasteiger partial charge in [0.15, 0.2) is 0 Å². The molecule has 0 amide bonds. The number of fused-ring (bicyclic) bond motifs is 1. The Labute approximate surface area is 148 Å². The SMILES string of the molecule is CCCCCN1CN(Cc2ccc3ccccc3c2)C(Cl)=C1Cl. The van der Waals surface area contributed by atoms with Gasteiger partial charge in [0.2, 0.25) is 0 Å². The van der Waals surface area contributed by atoms with Crippen molar-refractivity contribution in [2.45, 2.75) is 32.7 Å². The van der Waals surface area contributed by atoms with Crippen molar-refractivity contribution in [2.75, 3.05) is 13.2 Å². The molecule has 2 nitrogen and oxygen atoms in total. The molecular formula is C19H22Cl2N2. The molecule has 1 aliphatic rings. The summed E-state index contributed by atoms with van der Waals surface area (Å²) < 4.78 is 0. The van der Waals surface area contributed by atoms with E-state index in [0.717, 1.165) is 26.2 Å². The second-order valence-corrected chi connectivity index (χ2v) is 6.79. The van der Waals surface area contributed by atoms with Gasteiger partial charge in [0.05, 0.1) is 6.67 Å². The van der Waals surface area contributed by atoms with Crippen molar-refractivity contribution in [2.24, 2.45) is 0 Å². The van der Waals surface area contributed by atoms with Crippen LogP contribution in [0.15, 0.2) is 52.8 Å². The maximum Gasteiger partial charge on any atom is 0.142 e. The van der Waals surface area contributed by atoms with E-state index in [2.05, 4.69) is 59.2 Å². The first kappa shape index (κ1) is 16.5. The fourth-order valence-corrected chi connectivity index (χ4v) is 3.48. The van der Waals surface area contributed by atoms with E-state index in [-0.39, 0.29) is 0 Å². The van der Waals surface area contributed by atoms with Crippen LogP contribution in [-0.2, 0) is 6.54 Å². The Hall–Kier alpha value is -1.38. The van der Waals surface area contributed by atoms with Crippen LogP contribution in [0, 0.1) is 0 Å². The van der Waals surface area contributed by atoms with E-state index in [9.17, 15) is 0 Å². The second-order valence-electron chi connectivity index (χ2n) is 6.07. The van der Waals surface area contributed by atoms with Gasteiger partial charge in [0, 0.05) is 13.1 Å². The number of unbranched alkanes of at least 4 members (excludes halogenated alkanes) is 2. The van der Waals surface area contributed by atoms with Crippen LogP contribution in [0.25, 0.3) is 10.8 Å². The molecule has 23 heavy (non-hydrogen) atoms. The van der Waals surface area contributed by atoms with E-state index in [1.165, 1.54) is 29.2 Å². The monoisotopic (exact) mass is 348 g/mol. The van der Waals surface area contributed by atoms with Crippen molar-refractivity contribution < 1.29 is 0 Å². The maximum absolute atomic E-state index is 6.44. The Kier molecular flexibility index (Phi) is 5.34. The third-order valence-electron chi connectivity index (χ3n) is 4.29. The third kappa shape index (κ3) is 3.76. The van der Waals surface area contributed by atoms with E-state index in [1.807, 2.05) is 0 Å². The highest BCUT2D eigenvalue weighted by Gasteiger charge is 2.26. The van der Waals surface area contributed by atoms with Crippen LogP contribution < -0.4 is 0 Å². The lowest BCUT2D eigenvalue weighted by Crippen LogP contribution is -2.27. The normalized spacial score (nSPS) is 15.1. The van der Waals surface area contributed by atoms with Crippen molar-refractivity contribution >= 4 is 34.0 Å². The van der Waals surface area contributed by atoms with Crippen molar-refractivity contribution in [3.05, 3.63) is 58.3 Å². The van der Waals surface area contributed by atoms with Gasteiger partial charge in [0.25, 0.3) is 0 Å². The summed E-state index contributed by atoms with van der Waals surface area (Å²) in [5, 5.41) is 3.87. The summed E-state index contributed by atoms with van der Waals surface area (Å²) in [6, 6.07) is 15.0. The van der Waals surface area contributed by atoms with Crippen molar-refractivity contribution in [3.8, 4) is 0 Å². The van der Waals surface area contributed by atoms with Gasteiger partial charge < -0.3 is 9.80 Å². The highest BCUT2D eigenvalue weighted by atomic mass is 35.5. The van der Waals surface area contributed by atoms with Crippen LogP contribution in [0.5, 0.6) is 0 Å². The van der Waals surface area contributed by atoms with E-state index in [1.54, 1.807) is 0 Å². The van der Waals surface area contributed by atoms with E-state index in [4.69, 9.17) is 23.2 Å². The van der Waals surface area contributed by atoms with E-state index >= 15 is 0 Å². The Balaban J connectivity index is 1.69. The highest BCUT2D eigenvalue weighted by Crippen LogP contribution is 2.31. The van der Waals surface area contributed by atoms with Crippen LogP contribution in [0.1, 0.15) is 31.7 Å². The number of hydrogen-bond donors (Lipinski definition) is 0. The first-order chi connectivity index (χ1) is 11.2. The fourth-order valence-electron chi connectivity index (χ4n) is 2.99. The van der Waals surface area contributed by atoms with Crippen LogP contribution in [0.2, 0.25) is 0 Å². The first-order valence-electron chi connectivity index (χ1n) is 8.22. The molecule has 3 rings (SSSR count). The van der Waals surface area contributed by atoms with Gasteiger partial charge in [-0.25, -0.2) is 0 Å². The molecule has 2 aromatic carbocycles. The standard InChI is InChI=1S/C19H22Cl2N2/c1-2-3-6-11-22-14-23(19(21)18(22)20)13-15-9-10-16-7-4-5-8-17(16)12-15/h4-5,7-10,12H,2-3,6,11,13-14H2,1H3. The molecule has 0 atom stereocenters. The Morgan fingerprint density at radius 2 is 1.65 bits per heavy atom. The Morgan fingerprint density at radius 1 is 0.913 bits per heavy atom.